The number of amides is 1. The van der Waals surface area contributed by atoms with Crippen molar-refractivity contribution < 1.29 is 45.7 Å². The molecule has 3 N–H and O–H groups in total. The van der Waals surface area contributed by atoms with E-state index in [0.29, 0.717) is 29.7 Å². The maximum Gasteiger partial charge on any atom is 0.407 e. The lowest BCUT2D eigenvalue weighted by Crippen LogP contribution is -2.52. The summed E-state index contributed by atoms with van der Waals surface area (Å²) in [5.41, 5.74) is 6.94. The maximum absolute atomic E-state index is 13.9. The molecule has 0 aromatic heterocycles. The van der Waals surface area contributed by atoms with Crippen LogP contribution in [0.1, 0.15) is 25.8 Å². The summed E-state index contributed by atoms with van der Waals surface area (Å²) in [4.78, 5) is 26.3. The third kappa shape index (κ3) is 12.6. The number of nitrogens with one attached hydrogen (secondary N) is 1. The van der Waals surface area contributed by atoms with E-state index in [9.17, 15) is 22.7 Å². The highest BCUT2D eigenvalue weighted by Gasteiger charge is 2.36. The SMILES string of the molecule is CC(C)CN(C[C@@H](OP(=O)([O-])OCC[N+](C)(C)C)[C@H](Cc1ccccc1)NC(=O)O[C@H]1CCOC1)S(=O)(=O)c1ccc(N)cc1. The molecule has 1 amide bonds. The van der Waals surface area contributed by atoms with E-state index in [2.05, 4.69) is 5.32 Å². The summed E-state index contributed by atoms with van der Waals surface area (Å²) >= 11 is 0. The third-order valence-electron chi connectivity index (χ3n) is 6.96. The molecule has 13 nitrogen and oxygen atoms in total. The Bertz CT molecular complexity index is 1370. The van der Waals surface area contributed by atoms with Gasteiger partial charge in [-0.2, -0.15) is 4.31 Å². The largest absolute Gasteiger partial charge is 0.756 e. The zero-order valence-corrected chi connectivity index (χ0v) is 28.4. The number of hydrogen-bond acceptors (Lipinski definition) is 10. The third-order valence-corrected chi connectivity index (χ3v) is 9.83. The molecule has 15 heteroatoms. The van der Waals surface area contributed by atoms with E-state index >= 15 is 0 Å². The molecule has 0 bridgehead atoms. The lowest BCUT2D eigenvalue weighted by Gasteiger charge is -2.36. The van der Waals surface area contributed by atoms with E-state index < -0.39 is 48.7 Å². The Hall–Kier alpha value is -2.55. The van der Waals surface area contributed by atoms with Gasteiger partial charge in [0.25, 0.3) is 7.82 Å². The zero-order chi connectivity index (χ0) is 33.3. The van der Waals surface area contributed by atoms with Crippen LogP contribution in [0.3, 0.4) is 0 Å². The highest BCUT2D eigenvalue weighted by Crippen LogP contribution is 2.41. The molecule has 2 aromatic rings. The number of nitrogens with zero attached hydrogens (tertiary/aromatic N) is 2. The molecule has 45 heavy (non-hydrogen) atoms. The molecule has 0 saturated carbocycles. The van der Waals surface area contributed by atoms with E-state index in [4.69, 9.17) is 24.3 Å². The second-order valence-corrected chi connectivity index (χ2v) is 15.9. The highest BCUT2D eigenvalue weighted by atomic mass is 32.2. The number of benzene rings is 2. The van der Waals surface area contributed by atoms with Gasteiger partial charge in [-0.25, -0.2) is 13.2 Å². The van der Waals surface area contributed by atoms with Crippen molar-refractivity contribution in [1.29, 1.82) is 0 Å². The number of carbonyl (C=O) groups excluding carboxylic acids is 1. The average molecular weight is 671 g/mol. The van der Waals surface area contributed by atoms with E-state index in [0.717, 1.165) is 9.87 Å². The summed E-state index contributed by atoms with van der Waals surface area (Å²) in [5.74, 6) is -0.137. The smallest absolute Gasteiger partial charge is 0.407 e. The zero-order valence-electron chi connectivity index (χ0n) is 26.7. The number of carbonyl (C=O) groups is 1. The number of ether oxygens (including phenoxy) is 2. The molecule has 1 fully saturated rings. The fraction of sp³-hybridized carbons (Fsp3) is 0.567. The van der Waals surface area contributed by atoms with Crippen LogP contribution in [0.15, 0.2) is 59.5 Å². The molecule has 252 valence electrons. The van der Waals surface area contributed by atoms with Crippen molar-refractivity contribution >= 4 is 29.6 Å². The Morgan fingerprint density at radius 2 is 1.80 bits per heavy atom. The summed E-state index contributed by atoms with van der Waals surface area (Å²) in [6.07, 6.45) is -2.03. The number of phosphoric ester groups is 1. The fourth-order valence-electron chi connectivity index (χ4n) is 4.61. The number of hydrogen-bond donors (Lipinski definition) is 2. The van der Waals surface area contributed by atoms with E-state index in [-0.39, 0.29) is 37.0 Å². The van der Waals surface area contributed by atoms with Crippen LogP contribution in [0.5, 0.6) is 0 Å². The molecular weight excluding hydrogens is 623 g/mol. The summed E-state index contributed by atoms with van der Waals surface area (Å²) in [6, 6.07) is 13.8. The summed E-state index contributed by atoms with van der Waals surface area (Å²) in [6.45, 7) is 4.22. The van der Waals surface area contributed by atoms with Crippen molar-refractivity contribution in [2.24, 2.45) is 5.92 Å². The van der Waals surface area contributed by atoms with Crippen molar-refractivity contribution in [3.63, 3.8) is 0 Å². The van der Waals surface area contributed by atoms with Crippen LogP contribution in [0.4, 0.5) is 10.5 Å². The first kappa shape index (κ1) is 36.9. The molecule has 1 saturated heterocycles. The van der Waals surface area contributed by atoms with Crippen LogP contribution in [-0.2, 0) is 39.5 Å². The van der Waals surface area contributed by atoms with Gasteiger partial charge in [0.2, 0.25) is 10.0 Å². The Kier molecular flexibility index (Phi) is 13.4. The van der Waals surface area contributed by atoms with Crippen molar-refractivity contribution in [1.82, 2.24) is 9.62 Å². The van der Waals surface area contributed by atoms with Crippen molar-refractivity contribution in [2.75, 3.05) is 66.3 Å². The monoisotopic (exact) mass is 670 g/mol. The van der Waals surface area contributed by atoms with Crippen LogP contribution in [0.2, 0.25) is 0 Å². The van der Waals surface area contributed by atoms with Gasteiger partial charge in [-0.3, -0.25) is 4.57 Å². The fourth-order valence-corrected chi connectivity index (χ4v) is 7.14. The molecule has 0 aliphatic carbocycles. The second kappa shape index (κ2) is 16.3. The van der Waals surface area contributed by atoms with Gasteiger partial charge in [-0.1, -0.05) is 44.2 Å². The molecule has 1 aliphatic heterocycles. The number of quaternary nitrogens is 1. The van der Waals surface area contributed by atoms with Gasteiger partial charge < -0.3 is 38.9 Å². The molecule has 2 aromatic carbocycles. The Morgan fingerprint density at radius 1 is 1.13 bits per heavy atom. The molecule has 1 aliphatic rings. The molecule has 1 unspecified atom stereocenters. The first-order valence-electron chi connectivity index (χ1n) is 14.9. The molecular formula is C30H47N4O9PS. The normalized spacial score (nSPS) is 18.4. The van der Waals surface area contributed by atoms with Crippen LogP contribution >= 0.6 is 7.82 Å². The number of rotatable bonds is 17. The number of nitrogen functional groups attached to an aromatic ring is 1. The molecule has 0 radical (unpaired) electrons. The average Bonchev–Trinajstić information content (AvgIpc) is 3.44. The standard InChI is InChI=1S/C30H47N4O9PS/c1-23(2)20-33(45(38,39)27-13-11-25(31)12-14-27)21-29(43-44(36,37)41-18-16-34(3,4)5)28(19-24-9-7-6-8-10-24)32-30(35)42-26-15-17-40-22-26/h6-14,23,26,28-29H,15-22,31H2,1-5H3,(H-,32,35,36,37)/t26-,28-,29+/m0/s1. The number of nitrogens with two attached hydrogens (primary N) is 1. The van der Waals surface area contributed by atoms with E-state index in [1.807, 2.05) is 53.2 Å². The van der Waals surface area contributed by atoms with Gasteiger partial charge in [-0.15, -0.1) is 0 Å². The number of anilines is 1. The van der Waals surface area contributed by atoms with Gasteiger partial charge in [0, 0.05) is 25.2 Å². The first-order chi connectivity index (χ1) is 21.0. The Morgan fingerprint density at radius 3 is 2.38 bits per heavy atom. The van der Waals surface area contributed by atoms with Gasteiger partial charge >= 0.3 is 6.09 Å². The topological polar surface area (TPSA) is 170 Å². The van der Waals surface area contributed by atoms with Crippen molar-refractivity contribution in [3.8, 4) is 0 Å². The molecule has 0 spiro atoms. The van der Waals surface area contributed by atoms with Crippen molar-refractivity contribution in [3.05, 3.63) is 60.2 Å². The van der Waals surface area contributed by atoms with E-state index in [1.165, 1.54) is 24.3 Å². The second-order valence-electron chi connectivity index (χ2n) is 12.6. The number of sulfonamides is 1. The van der Waals surface area contributed by atoms with Gasteiger partial charge in [-0.05, 0) is 42.2 Å². The predicted octanol–water partition coefficient (Wildman–Crippen LogP) is 2.62. The minimum atomic E-state index is -5.00. The van der Waals surface area contributed by atoms with Crippen LogP contribution in [0, 0.1) is 5.92 Å². The minimum absolute atomic E-state index is 0.0196. The Labute approximate surface area is 266 Å². The van der Waals surface area contributed by atoms with Crippen LogP contribution in [-0.4, -0.2) is 102 Å². The highest BCUT2D eigenvalue weighted by molar-refractivity contribution is 7.89. The first-order valence-corrected chi connectivity index (χ1v) is 17.8. The maximum atomic E-state index is 13.9. The van der Waals surface area contributed by atoms with Gasteiger partial charge in [0.15, 0.2) is 0 Å². The lowest BCUT2D eigenvalue weighted by atomic mass is 10.0. The Balaban J connectivity index is 2.00. The molecule has 3 rings (SSSR count). The minimum Gasteiger partial charge on any atom is -0.756 e. The van der Waals surface area contributed by atoms with Gasteiger partial charge in [0.1, 0.15) is 25.4 Å². The molecule has 4 atom stereocenters. The summed E-state index contributed by atoms with van der Waals surface area (Å²) in [5, 5.41) is 2.75. The lowest BCUT2D eigenvalue weighted by molar-refractivity contribution is -0.870. The van der Waals surface area contributed by atoms with Crippen molar-refractivity contribution in [2.45, 2.75) is 49.8 Å². The number of phosphoric acid groups is 1. The van der Waals surface area contributed by atoms with Gasteiger partial charge in [0.05, 0.1) is 45.3 Å². The number of alkyl carbamates (subject to hydrolysis) is 1. The summed E-state index contributed by atoms with van der Waals surface area (Å²) in [7, 11) is -3.50. The van der Waals surface area contributed by atoms with Crippen LogP contribution < -0.4 is 15.9 Å². The number of likely N-dealkylation sites (N-methyl/N-ethyl adjacent to an activating group) is 1. The molecule has 1 heterocycles. The predicted molar refractivity (Wildman–Crippen MR) is 169 cm³/mol. The quantitative estimate of drug-likeness (QED) is 0.145. The van der Waals surface area contributed by atoms with E-state index in [1.54, 1.807) is 12.1 Å². The summed E-state index contributed by atoms with van der Waals surface area (Å²) < 4.78 is 64.4. The van der Waals surface area contributed by atoms with Crippen LogP contribution in [0.25, 0.3) is 0 Å².